The molecule has 3 heteroatoms. The van der Waals surface area contributed by atoms with Gasteiger partial charge in [0.15, 0.2) is 0 Å². The lowest BCUT2D eigenvalue weighted by Crippen LogP contribution is -2.34. The van der Waals surface area contributed by atoms with E-state index in [4.69, 9.17) is 17.3 Å². The number of anilines is 1. The molecule has 1 aliphatic carbocycles. The molecule has 0 saturated heterocycles. The highest BCUT2D eigenvalue weighted by atomic mass is 35.5. The van der Waals surface area contributed by atoms with Gasteiger partial charge >= 0.3 is 0 Å². The summed E-state index contributed by atoms with van der Waals surface area (Å²) in [6.07, 6.45) is 9.27. The summed E-state index contributed by atoms with van der Waals surface area (Å²) in [6.45, 7) is 1.17. The third-order valence-electron chi connectivity index (χ3n) is 4.23. The van der Waals surface area contributed by atoms with Gasteiger partial charge in [-0.15, -0.1) is 0 Å². The van der Waals surface area contributed by atoms with Crippen molar-refractivity contribution in [3.05, 3.63) is 28.8 Å². The lowest BCUT2D eigenvalue weighted by atomic mass is 9.94. The molecule has 0 atom stereocenters. The van der Waals surface area contributed by atoms with E-state index in [1.165, 1.54) is 50.6 Å². The van der Waals surface area contributed by atoms with Crippen molar-refractivity contribution in [3.8, 4) is 0 Å². The number of aryl methyl sites for hydroxylation is 1. The Morgan fingerprint density at radius 1 is 1.26 bits per heavy atom. The number of nitrogen functional groups attached to an aromatic ring is 1. The minimum absolute atomic E-state index is 0.656. The Balaban J connectivity index is 1.74. The lowest BCUT2D eigenvalue weighted by Gasteiger charge is -2.31. The third-order valence-corrected chi connectivity index (χ3v) is 4.58. The average molecular weight is 281 g/mol. The van der Waals surface area contributed by atoms with Crippen LogP contribution in [0, 0.1) is 0 Å². The molecule has 1 aliphatic rings. The lowest BCUT2D eigenvalue weighted by molar-refractivity contribution is 0.190. The van der Waals surface area contributed by atoms with Crippen LogP contribution in [0.1, 0.15) is 44.1 Å². The number of hydrogen-bond acceptors (Lipinski definition) is 2. The number of halogens is 1. The van der Waals surface area contributed by atoms with Crippen LogP contribution in [-0.4, -0.2) is 24.5 Å². The number of hydrogen-bond donors (Lipinski definition) is 1. The third kappa shape index (κ3) is 4.39. The number of benzene rings is 1. The Labute approximate surface area is 121 Å². The van der Waals surface area contributed by atoms with E-state index in [2.05, 4.69) is 18.0 Å². The molecule has 2 rings (SSSR count). The summed E-state index contributed by atoms with van der Waals surface area (Å²) < 4.78 is 0. The fraction of sp³-hybridized carbons (Fsp3) is 0.625. The van der Waals surface area contributed by atoms with Crippen molar-refractivity contribution < 1.29 is 0 Å². The first-order valence-corrected chi connectivity index (χ1v) is 7.79. The van der Waals surface area contributed by atoms with Gasteiger partial charge in [-0.05, 0) is 57.0 Å². The summed E-state index contributed by atoms with van der Waals surface area (Å²) in [7, 11) is 2.27. The molecule has 19 heavy (non-hydrogen) atoms. The maximum Gasteiger partial charge on any atom is 0.0635 e. The molecule has 1 aromatic carbocycles. The molecule has 0 aromatic heterocycles. The fourth-order valence-corrected chi connectivity index (χ4v) is 3.10. The van der Waals surface area contributed by atoms with E-state index in [1.807, 2.05) is 12.1 Å². The number of nitrogens with two attached hydrogens (primary N) is 1. The Morgan fingerprint density at radius 3 is 2.68 bits per heavy atom. The van der Waals surface area contributed by atoms with Crippen LogP contribution >= 0.6 is 11.6 Å². The van der Waals surface area contributed by atoms with Crippen LogP contribution in [0.5, 0.6) is 0 Å². The molecular weight excluding hydrogens is 256 g/mol. The van der Waals surface area contributed by atoms with E-state index in [0.717, 1.165) is 12.5 Å². The van der Waals surface area contributed by atoms with Gasteiger partial charge in [-0.25, -0.2) is 0 Å². The van der Waals surface area contributed by atoms with E-state index in [1.54, 1.807) is 0 Å². The van der Waals surface area contributed by atoms with Crippen molar-refractivity contribution in [3.63, 3.8) is 0 Å². The van der Waals surface area contributed by atoms with Crippen molar-refractivity contribution in [2.24, 2.45) is 0 Å². The van der Waals surface area contributed by atoms with E-state index < -0.39 is 0 Å². The predicted molar refractivity (Wildman–Crippen MR) is 83.7 cm³/mol. The summed E-state index contributed by atoms with van der Waals surface area (Å²) in [5.74, 6) is 0. The monoisotopic (exact) mass is 280 g/mol. The van der Waals surface area contributed by atoms with Crippen LogP contribution in [0.3, 0.4) is 0 Å². The Morgan fingerprint density at radius 2 is 2.00 bits per heavy atom. The van der Waals surface area contributed by atoms with E-state index in [-0.39, 0.29) is 0 Å². The van der Waals surface area contributed by atoms with Crippen molar-refractivity contribution in [2.75, 3.05) is 19.3 Å². The van der Waals surface area contributed by atoms with Gasteiger partial charge < -0.3 is 10.6 Å². The first-order valence-electron chi connectivity index (χ1n) is 7.41. The second-order valence-corrected chi connectivity index (χ2v) is 6.14. The van der Waals surface area contributed by atoms with Gasteiger partial charge in [-0.1, -0.05) is 36.9 Å². The molecule has 2 N–H and O–H groups in total. The smallest absolute Gasteiger partial charge is 0.0635 e. The normalized spacial score (nSPS) is 17.0. The van der Waals surface area contributed by atoms with E-state index in [9.17, 15) is 0 Å². The second kappa shape index (κ2) is 7.16. The minimum Gasteiger partial charge on any atom is -0.398 e. The van der Waals surface area contributed by atoms with Gasteiger partial charge in [0.2, 0.25) is 0 Å². The van der Waals surface area contributed by atoms with Crippen molar-refractivity contribution in [2.45, 2.75) is 51.0 Å². The van der Waals surface area contributed by atoms with Crippen LogP contribution in [0.15, 0.2) is 18.2 Å². The molecule has 1 saturated carbocycles. The molecule has 0 bridgehead atoms. The Bertz CT molecular complexity index is 400. The molecule has 2 nitrogen and oxygen atoms in total. The fourth-order valence-electron chi connectivity index (χ4n) is 2.99. The molecule has 0 unspecified atom stereocenters. The van der Waals surface area contributed by atoms with Crippen LogP contribution in [0.4, 0.5) is 5.69 Å². The van der Waals surface area contributed by atoms with Gasteiger partial charge in [0.05, 0.1) is 10.7 Å². The van der Waals surface area contributed by atoms with E-state index in [0.29, 0.717) is 10.7 Å². The molecule has 0 radical (unpaired) electrons. The maximum atomic E-state index is 5.93. The van der Waals surface area contributed by atoms with Crippen molar-refractivity contribution in [1.29, 1.82) is 0 Å². The van der Waals surface area contributed by atoms with Gasteiger partial charge in [0.1, 0.15) is 0 Å². The zero-order valence-electron chi connectivity index (χ0n) is 11.9. The van der Waals surface area contributed by atoms with Crippen LogP contribution in [-0.2, 0) is 6.42 Å². The van der Waals surface area contributed by atoms with Gasteiger partial charge in [-0.2, -0.15) is 0 Å². The second-order valence-electron chi connectivity index (χ2n) is 5.73. The zero-order chi connectivity index (χ0) is 13.7. The highest BCUT2D eigenvalue weighted by Crippen LogP contribution is 2.23. The topological polar surface area (TPSA) is 29.3 Å². The van der Waals surface area contributed by atoms with Crippen molar-refractivity contribution in [1.82, 2.24) is 4.90 Å². The molecule has 0 aliphatic heterocycles. The van der Waals surface area contributed by atoms with Crippen LogP contribution in [0.2, 0.25) is 5.02 Å². The molecule has 0 amide bonds. The summed E-state index contributed by atoms with van der Waals surface area (Å²) >= 11 is 5.93. The quantitative estimate of drug-likeness (QED) is 0.822. The van der Waals surface area contributed by atoms with Crippen molar-refractivity contribution >= 4 is 17.3 Å². The Kier molecular flexibility index (Phi) is 5.53. The molecule has 0 heterocycles. The number of nitrogens with zero attached hydrogens (tertiary/aromatic N) is 1. The highest BCUT2D eigenvalue weighted by molar-refractivity contribution is 6.33. The molecular formula is C16H25ClN2. The standard InChI is InChI=1S/C16H25ClN2/c1-19(14-7-3-2-4-8-14)11-5-6-13-9-10-15(17)16(18)12-13/h9-10,12,14H,2-8,11,18H2,1H3. The maximum absolute atomic E-state index is 5.93. The summed E-state index contributed by atoms with van der Waals surface area (Å²) in [6, 6.07) is 6.79. The predicted octanol–water partition coefficient (Wildman–Crippen LogP) is 4.12. The summed E-state index contributed by atoms with van der Waals surface area (Å²) in [4.78, 5) is 2.54. The van der Waals surface area contributed by atoms with Gasteiger partial charge in [-0.3, -0.25) is 0 Å². The SMILES string of the molecule is CN(CCCc1ccc(Cl)c(N)c1)C1CCCCC1. The molecule has 1 fully saturated rings. The highest BCUT2D eigenvalue weighted by Gasteiger charge is 2.17. The largest absolute Gasteiger partial charge is 0.398 e. The minimum atomic E-state index is 0.656. The first-order chi connectivity index (χ1) is 9.16. The summed E-state index contributed by atoms with van der Waals surface area (Å²) in [5, 5.41) is 0.656. The Hall–Kier alpha value is -0.730. The van der Waals surface area contributed by atoms with Gasteiger partial charge in [0.25, 0.3) is 0 Å². The van der Waals surface area contributed by atoms with Crippen LogP contribution < -0.4 is 5.73 Å². The average Bonchev–Trinajstić information content (AvgIpc) is 2.43. The summed E-state index contributed by atoms with van der Waals surface area (Å²) in [5.41, 5.74) is 7.81. The van der Waals surface area contributed by atoms with Crippen LogP contribution in [0.25, 0.3) is 0 Å². The zero-order valence-corrected chi connectivity index (χ0v) is 12.6. The first kappa shape index (κ1) is 14.7. The molecule has 1 aromatic rings. The van der Waals surface area contributed by atoms with Gasteiger partial charge in [0, 0.05) is 6.04 Å². The van der Waals surface area contributed by atoms with E-state index >= 15 is 0 Å². The molecule has 106 valence electrons. The number of rotatable bonds is 5. The molecule has 0 spiro atoms.